The van der Waals surface area contributed by atoms with Gasteiger partial charge in [0.05, 0.1) is 7.11 Å². The van der Waals surface area contributed by atoms with Gasteiger partial charge in [0.15, 0.2) is 5.65 Å². The molecule has 1 aliphatic heterocycles. The maximum absolute atomic E-state index is 12.7. The number of ether oxygens (including phenoxy) is 1. The van der Waals surface area contributed by atoms with E-state index in [1.165, 1.54) is 0 Å². The molecule has 146 valence electrons. The van der Waals surface area contributed by atoms with E-state index in [-0.39, 0.29) is 11.8 Å². The predicted octanol–water partition coefficient (Wildman–Crippen LogP) is 3.41. The van der Waals surface area contributed by atoms with Gasteiger partial charge in [0.25, 0.3) is 0 Å². The maximum atomic E-state index is 12.7. The van der Waals surface area contributed by atoms with Gasteiger partial charge in [-0.25, -0.2) is 9.97 Å². The van der Waals surface area contributed by atoms with Crippen LogP contribution in [-0.2, 0) is 17.8 Å². The molecule has 4 rings (SSSR count). The highest BCUT2D eigenvalue weighted by molar-refractivity contribution is 5.77. The summed E-state index contributed by atoms with van der Waals surface area (Å²) in [5, 5.41) is 0. The molecule has 1 saturated heterocycles. The summed E-state index contributed by atoms with van der Waals surface area (Å²) in [4.78, 5) is 24.0. The molecule has 1 aromatic carbocycles. The molecule has 0 aliphatic carbocycles. The molecule has 3 aromatic rings. The van der Waals surface area contributed by atoms with Crippen LogP contribution in [0.3, 0.4) is 0 Å². The van der Waals surface area contributed by atoms with Crippen molar-refractivity contribution in [1.29, 1.82) is 0 Å². The van der Waals surface area contributed by atoms with Gasteiger partial charge in [-0.3, -0.25) is 4.79 Å². The van der Waals surface area contributed by atoms with Crippen LogP contribution in [0, 0.1) is 0 Å². The first-order valence-corrected chi connectivity index (χ1v) is 9.91. The van der Waals surface area contributed by atoms with E-state index in [1.54, 1.807) is 7.11 Å². The second-order valence-electron chi connectivity index (χ2n) is 7.23. The molecule has 3 heterocycles. The lowest BCUT2D eigenvalue weighted by Crippen LogP contribution is -2.29. The lowest BCUT2D eigenvalue weighted by molar-refractivity contribution is -0.130. The van der Waals surface area contributed by atoms with Gasteiger partial charge in [0.2, 0.25) is 5.91 Å². The van der Waals surface area contributed by atoms with Crippen molar-refractivity contribution in [2.75, 3.05) is 20.2 Å². The van der Waals surface area contributed by atoms with Crippen LogP contribution in [0.25, 0.3) is 11.2 Å². The number of aromatic nitrogens is 3. The number of hydrogen-bond donors (Lipinski definition) is 0. The summed E-state index contributed by atoms with van der Waals surface area (Å²) < 4.78 is 7.37. The van der Waals surface area contributed by atoms with Crippen LogP contribution in [0.4, 0.5) is 0 Å². The molecule has 6 heteroatoms. The summed E-state index contributed by atoms with van der Waals surface area (Å²) in [6.45, 7) is 4.49. The molecule has 0 N–H and O–H groups in total. The zero-order valence-electron chi connectivity index (χ0n) is 16.5. The number of benzene rings is 1. The Bertz CT molecular complexity index is 964. The number of rotatable bonds is 6. The fraction of sp³-hybridized carbons (Fsp3) is 0.409. The fourth-order valence-corrected chi connectivity index (χ4v) is 4.00. The molecule has 1 fully saturated rings. The summed E-state index contributed by atoms with van der Waals surface area (Å²) in [6, 6.07) is 11.8. The molecule has 0 saturated carbocycles. The third-order valence-electron chi connectivity index (χ3n) is 5.54. The minimum atomic E-state index is 0.218. The van der Waals surface area contributed by atoms with E-state index >= 15 is 0 Å². The Morgan fingerprint density at radius 2 is 2.07 bits per heavy atom. The number of pyridine rings is 1. The zero-order valence-corrected chi connectivity index (χ0v) is 16.5. The van der Waals surface area contributed by atoms with E-state index in [0.717, 1.165) is 60.8 Å². The number of imidazole rings is 1. The Morgan fingerprint density at radius 3 is 2.82 bits per heavy atom. The summed E-state index contributed by atoms with van der Waals surface area (Å²) in [5.41, 5.74) is 3.02. The number of fused-ring (bicyclic) bond motifs is 1. The molecule has 2 aromatic heterocycles. The highest BCUT2D eigenvalue weighted by atomic mass is 16.5. The Balaban J connectivity index is 1.40. The van der Waals surface area contributed by atoms with Gasteiger partial charge < -0.3 is 14.2 Å². The first-order chi connectivity index (χ1) is 13.7. The number of nitrogens with zero attached hydrogens (tertiary/aromatic N) is 4. The van der Waals surface area contributed by atoms with Crippen molar-refractivity contribution < 1.29 is 9.53 Å². The van der Waals surface area contributed by atoms with Gasteiger partial charge in [0.1, 0.15) is 17.1 Å². The Labute approximate surface area is 165 Å². The average molecular weight is 378 g/mol. The van der Waals surface area contributed by atoms with E-state index < -0.39 is 0 Å². The highest BCUT2D eigenvalue weighted by Gasteiger charge is 2.30. The molecular weight excluding hydrogens is 352 g/mol. The summed E-state index contributed by atoms with van der Waals surface area (Å²) >= 11 is 0. The second-order valence-corrected chi connectivity index (χ2v) is 7.23. The number of hydrogen-bond acceptors (Lipinski definition) is 4. The second kappa shape index (κ2) is 8.00. The van der Waals surface area contributed by atoms with Gasteiger partial charge in [-0.05, 0) is 49.6 Å². The molecule has 6 nitrogen and oxygen atoms in total. The molecule has 1 aliphatic rings. The monoisotopic (exact) mass is 378 g/mol. The van der Waals surface area contributed by atoms with Crippen molar-refractivity contribution in [3.05, 3.63) is 54.0 Å². The van der Waals surface area contributed by atoms with Crippen molar-refractivity contribution in [2.45, 2.75) is 38.6 Å². The number of likely N-dealkylation sites (tertiary alicyclic amines) is 1. The first kappa shape index (κ1) is 18.5. The van der Waals surface area contributed by atoms with Crippen molar-refractivity contribution in [1.82, 2.24) is 19.4 Å². The summed E-state index contributed by atoms with van der Waals surface area (Å²) in [6.07, 6.45) is 4.05. The number of methoxy groups -OCH3 is 1. The number of aryl methyl sites for hydroxylation is 2. The SMILES string of the molecule is CCn1c([C@@H]2CCN(C(=O)CCc3ccc(OC)cc3)C2)nc2cccnc21. The third-order valence-corrected chi connectivity index (χ3v) is 5.54. The molecule has 0 radical (unpaired) electrons. The van der Waals surface area contributed by atoms with Gasteiger partial charge in [-0.1, -0.05) is 12.1 Å². The van der Waals surface area contributed by atoms with E-state index in [4.69, 9.17) is 9.72 Å². The van der Waals surface area contributed by atoms with E-state index in [9.17, 15) is 4.79 Å². The maximum Gasteiger partial charge on any atom is 0.222 e. The van der Waals surface area contributed by atoms with E-state index in [1.807, 2.05) is 47.5 Å². The van der Waals surface area contributed by atoms with Crippen molar-refractivity contribution in [3.63, 3.8) is 0 Å². The minimum absolute atomic E-state index is 0.218. The van der Waals surface area contributed by atoms with Crippen LogP contribution in [0.5, 0.6) is 5.75 Å². The first-order valence-electron chi connectivity index (χ1n) is 9.91. The highest BCUT2D eigenvalue weighted by Crippen LogP contribution is 2.29. The number of carbonyl (C=O) groups excluding carboxylic acids is 1. The van der Waals surface area contributed by atoms with Crippen LogP contribution in [0.15, 0.2) is 42.6 Å². The average Bonchev–Trinajstić information content (AvgIpc) is 3.36. The molecule has 0 unspecified atom stereocenters. The lowest BCUT2D eigenvalue weighted by atomic mass is 10.1. The van der Waals surface area contributed by atoms with Gasteiger partial charge in [0, 0.05) is 38.2 Å². The van der Waals surface area contributed by atoms with Crippen LogP contribution in [0.2, 0.25) is 0 Å². The Kier molecular flexibility index (Phi) is 5.28. The van der Waals surface area contributed by atoms with E-state index in [2.05, 4.69) is 16.5 Å². The van der Waals surface area contributed by atoms with Crippen molar-refractivity contribution in [3.8, 4) is 5.75 Å². The van der Waals surface area contributed by atoms with Crippen LogP contribution in [-0.4, -0.2) is 45.5 Å². The standard InChI is InChI=1S/C22H26N4O2/c1-3-26-21(24-19-5-4-13-23-22(19)26)17-12-14-25(15-17)20(27)11-8-16-6-9-18(28-2)10-7-16/h4-7,9-10,13,17H,3,8,11-12,14-15H2,1-2H3/t17-/m1/s1. The molecular formula is C22H26N4O2. The quantitative estimate of drug-likeness (QED) is 0.660. The topological polar surface area (TPSA) is 60.2 Å². The molecule has 1 atom stereocenters. The van der Waals surface area contributed by atoms with Crippen molar-refractivity contribution in [2.24, 2.45) is 0 Å². The predicted molar refractivity (Wildman–Crippen MR) is 108 cm³/mol. The minimum Gasteiger partial charge on any atom is -0.497 e. The molecule has 0 spiro atoms. The third kappa shape index (κ3) is 3.59. The smallest absolute Gasteiger partial charge is 0.222 e. The lowest BCUT2D eigenvalue weighted by Gasteiger charge is -2.17. The van der Waals surface area contributed by atoms with Crippen molar-refractivity contribution >= 4 is 17.1 Å². The van der Waals surface area contributed by atoms with Gasteiger partial charge >= 0.3 is 0 Å². The zero-order chi connectivity index (χ0) is 19.5. The van der Waals surface area contributed by atoms with Crippen LogP contribution in [0.1, 0.15) is 37.1 Å². The summed E-state index contributed by atoms with van der Waals surface area (Å²) in [7, 11) is 1.66. The van der Waals surface area contributed by atoms with E-state index in [0.29, 0.717) is 6.42 Å². The van der Waals surface area contributed by atoms with Gasteiger partial charge in [-0.15, -0.1) is 0 Å². The van der Waals surface area contributed by atoms with Crippen LogP contribution >= 0.6 is 0 Å². The molecule has 1 amide bonds. The molecule has 0 bridgehead atoms. The largest absolute Gasteiger partial charge is 0.497 e. The van der Waals surface area contributed by atoms with Crippen LogP contribution < -0.4 is 4.74 Å². The number of amides is 1. The molecule has 28 heavy (non-hydrogen) atoms. The Morgan fingerprint density at radius 1 is 1.25 bits per heavy atom. The van der Waals surface area contributed by atoms with Gasteiger partial charge in [-0.2, -0.15) is 0 Å². The fourth-order valence-electron chi connectivity index (χ4n) is 4.00. The summed E-state index contributed by atoms with van der Waals surface area (Å²) in [5.74, 6) is 2.39. The normalized spacial score (nSPS) is 16.6. The Hall–Kier alpha value is -2.89. The number of carbonyl (C=O) groups is 1.